The zero-order chi connectivity index (χ0) is 11.9. The minimum atomic E-state index is 0.193. The predicted octanol–water partition coefficient (Wildman–Crippen LogP) is 1.64. The molecule has 1 saturated heterocycles. The van der Waals surface area contributed by atoms with Gasteiger partial charge >= 0.3 is 0 Å². The topological polar surface area (TPSA) is 41.1 Å². The monoisotopic (exact) mass is 244 g/mol. The number of hydrogen-bond donors (Lipinski definition) is 2. The molecule has 0 aromatic rings. The normalized spacial score (nSPS) is 19.4. The van der Waals surface area contributed by atoms with Gasteiger partial charge in [0.05, 0.1) is 5.75 Å². The van der Waals surface area contributed by atoms with Gasteiger partial charge in [0.1, 0.15) is 0 Å². The van der Waals surface area contributed by atoms with E-state index in [4.69, 9.17) is 0 Å². The van der Waals surface area contributed by atoms with Crippen LogP contribution in [0.15, 0.2) is 0 Å². The van der Waals surface area contributed by atoms with Gasteiger partial charge in [0.2, 0.25) is 5.91 Å². The van der Waals surface area contributed by atoms with Crippen LogP contribution in [0.25, 0.3) is 0 Å². The molecule has 94 valence electrons. The third-order valence-electron chi connectivity index (χ3n) is 3.10. The fourth-order valence-corrected chi connectivity index (χ4v) is 2.60. The Morgan fingerprint density at radius 1 is 1.44 bits per heavy atom. The average Bonchev–Trinajstić information content (AvgIpc) is 2.28. The zero-order valence-electron chi connectivity index (χ0n) is 10.5. The Balaban J connectivity index is 2.14. The molecule has 1 rings (SSSR count). The summed E-state index contributed by atoms with van der Waals surface area (Å²) >= 11 is 1.72. The lowest BCUT2D eigenvalue weighted by Crippen LogP contribution is -2.43. The molecule has 1 aliphatic heterocycles. The first-order valence-corrected chi connectivity index (χ1v) is 7.37. The van der Waals surface area contributed by atoms with Crippen LogP contribution in [0.4, 0.5) is 0 Å². The largest absolute Gasteiger partial charge is 0.355 e. The summed E-state index contributed by atoms with van der Waals surface area (Å²) in [5.41, 5.74) is 0.302. The third-order valence-corrected chi connectivity index (χ3v) is 4.27. The number of thioether (sulfide) groups is 1. The van der Waals surface area contributed by atoms with Crippen molar-refractivity contribution in [1.82, 2.24) is 10.6 Å². The summed E-state index contributed by atoms with van der Waals surface area (Å²) in [7, 11) is 0. The molecular weight excluding hydrogens is 220 g/mol. The Hall–Kier alpha value is -0.220. The van der Waals surface area contributed by atoms with Crippen LogP contribution >= 0.6 is 11.8 Å². The predicted molar refractivity (Wildman–Crippen MR) is 70.8 cm³/mol. The molecule has 3 nitrogen and oxygen atoms in total. The molecule has 0 atom stereocenters. The lowest BCUT2D eigenvalue weighted by Gasteiger charge is -2.34. The van der Waals surface area contributed by atoms with Gasteiger partial charge in [-0.1, -0.05) is 13.8 Å². The highest BCUT2D eigenvalue weighted by Gasteiger charge is 2.26. The molecule has 0 aromatic heterocycles. The van der Waals surface area contributed by atoms with E-state index in [1.165, 1.54) is 0 Å². The molecule has 1 fully saturated rings. The number of piperidine rings is 1. The summed E-state index contributed by atoms with van der Waals surface area (Å²) in [6.07, 6.45) is 3.46. The van der Waals surface area contributed by atoms with E-state index in [0.29, 0.717) is 11.2 Å². The Bertz CT molecular complexity index is 215. The summed E-state index contributed by atoms with van der Waals surface area (Å²) in [5.74, 6) is 1.88. The highest BCUT2D eigenvalue weighted by Crippen LogP contribution is 2.26. The van der Waals surface area contributed by atoms with Crippen molar-refractivity contribution in [2.24, 2.45) is 5.41 Å². The number of carbonyl (C=O) groups is 1. The maximum atomic E-state index is 11.6. The van der Waals surface area contributed by atoms with Gasteiger partial charge in [0, 0.05) is 6.54 Å². The van der Waals surface area contributed by atoms with Crippen LogP contribution in [-0.4, -0.2) is 37.0 Å². The van der Waals surface area contributed by atoms with Crippen LogP contribution in [0.5, 0.6) is 0 Å². The van der Waals surface area contributed by atoms with E-state index in [0.717, 1.165) is 44.6 Å². The molecule has 1 amide bonds. The van der Waals surface area contributed by atoms with Gasteiger partial charge in [-0.15, -0.1) is 0 Å². The molecule has 0 saturated carbocycles. The van der Waals surface area contributed by atoms with Crippen molar-refractivity contribution < 1.29 is 4.79 Å². The Kier molecular flexibility index (Phi) is 6.21. The summed E-state index contributed by atoms with van der Waals surface area (Å²) < 4.78 is 0. The van der Waals surface area contributed by atoms with Gasteiger partial charge in [0.15, 0.2) is 0 Å². The lowest BCUT2D eigenvalue weighted by molar-refractivity contribution is -0.119. The number of amides is 1. The molecule has 0 aromatic carbocycles. The van der Waals surface area contributed by atoms with E-state index in [-0.39, 0.29) is 5.91 Å². The highest BCUT2D eigenvalue weighted by atomic mass is 32.2. The lowest BCUT2D eigenvalue weighted by atomic mass is 9.81. The minimum absolute atomic E-state index is 0.193. The standard InChI is InChI=1S/C12H24N2OS/c1-3-8-16-9-11(15)14-10-12(2)4-6-13-7-5-12/h13H,3-10H2,1-2H3,(H,14,15). The molecule has 1 aliphatic rings. The van der Waals surface area contributed by atoms with E-state index >= 15 is 0 Å². The molecule has 0 spiro atoms. The van der Waals surface area contributed by atoms with Crippen molar-refractivity contribution in [3.63, 3.8) is 0 Å². The highest BCUT2D eigenvalue weighted by molar-refractivity contribution is 7.99. The summed E-state index contributed by atoms with van der Waals surface area (Å²) in [4.78, 5) is 11.6. The molecule has 16 heavy (non-hydrogen) atoms. The Morgan fingerprint density at radius 2 is 2.12 bits per heavy atom. The Labute approximate surface area is 103 Å². The first-order chi connectivity index (χ1) is 7.66. The van der Waals surface area contributed by atoms with Crippen molar-refractivity contribution in [2.75, 3.05) is 31.1 Å². The van der Waals surface area contributed by atoms with Crippen LogP contribution in [0.3, 0.4) is 0 Å². The average molecular weight is 244 g/mol. The maximum Gasteiger partial charge on any atom is 0.230 e. The second kappa shape index (κ2) is 7.17. The van der Waals surface area contributed by atoms with E-state index in [9.17, 15) is 4.79 Å². The first-order valence-electron chi connectivity index (χ1n) is 6.21. The summed E-state index contributed by atoms with van der Waals surface area (Å²) in [5, 5.41) is 6.42. The van der Waals surface area contributed by atoms with Crippen LogP contribution in [-0.2, 0) is 4.79 Å². The van der Waals surface area contributed by atoms with Crippen LogP contribution in [0.2, 0.25) is 0 Å². The van der Waals surface area contributed by atoms with Crippen molar-refractivity contribution in [3.05, 3.63) is 0 Å². The van der Waals surface area contributed by atoms with Gasteiger partial charge in [-0.2, -0.15) is 11.8 Å². The van der Waals surface area contributed by atoms with Crippen molar-refractivity contribution >= 4 is 17.7 Å². The quantitative estimate of drug-likeness (QED) is 0.698. The molecule has 1 heterocycles. The van der Waals surface area contributed by atoms with Crippen LogP contribution in [0.1, 0.15) is 33.1 Å². The van der Waals surface area contributed by atoms with Gasteiger partial charge in [-0.25, -0.2) is 0 Å². The van der Waals surface area contributed by atoms with Crippen LogP contribution < -0.4 is 10.6 Å². The first kappa shape index (κ1) is 13.8. The third kappa shape index (κ3) is 5.21. The summed E-state index contributed by atoms with van der Waals surface area (Å²) in [6, 6.07) is 0. The fraction of sp³-hybridized carbons (Fsp3) is 0.917. The van der Waals surface area contributed by atoms with Crippen LogP contribution in [0, 0.1) is 5.41 Å². The second-order valence-electron chi connectivity index (χ2n) is 4.89. The number of hydrogen-bond acceptors (Lipinski definition) is 3. The molecule has 0 unspecified atom stereocenters. The van der Waals surface area contributed by atoms with Crippen molar-refractivity contribution in [2.45, 2.75) is 33.1 Å². The smallest absolute Gasteiger partial charge is 0.230 e. The van der Waals surface area contributed by atoms with Crippen molar-refractivity contribution in [3.8, 4) is 0 Å². The van der Waals surface area contributed by atoms with Gasteiger partial charge < -0.3 is 10.6 Å². The molecular formula is C12H24N2OS. The van der Waals surface area contributed by atoms with E-state index < -0.39 is 0 Å². The fourth-order valence-electron chi connectivity index (χ4n) is 1.88. The number of rotatable bonds is 6. The number of carbonyl (C=O) groups excluding carboxylic acids is 1. The zero-order valence-corrected chi connectivity index (χ0v) is 11.3. The van der Waals surface area contributed by atoms with Crippen molar-refractivity contribution in [1.29, 1.82) is 0 Å². The Morgan fingerprint density at radius 3 is 2.75 bits per heavy atom. The van der Waals surface area contributed by atoms with E-state index in [1.54, 1.807) is 11.8 Å². The van der Waals surface area contributed by atoms with Gasteiger partial charge in [-0.3, -0.25) is 4.79 Å². The maximum absolute atomic E-state index is 11.6. The number of nitrogens with one attached hydrogen (secondary N) is 2. The molecule has 4 heteroatoms. The second-order valence-corrected chi connectivity index (χ2v) is 6.00. The molecule has 0 bridgehead atoms. The van der Waals surface area contributed by atoms with Gasteiger partial charge in [-0.05, 0) is 43.5 Å². The molecule has 0 aliphatic carbocycles. The van der Waals surface area contributed by atoms with E-state index in [2.05, 4.69) is 24.5 Å². The van der Waals surface area contributed by atoms with Gasteiger partial charge in [0.25, 0.3) is 0 Å². The summed E-state index contributed by atoms with van der Waals surface area (Å²) in [6.45, 7) is 7.41. The SMILES string of the molecule is CCCSCC(=O)NCC1(C)CCNCC1. The van der Waals surface area contributed by atoms with E-state index in [1.807, 2.05) is 0 Å². The molecule has 0 radical (unpaired) electrons. The minimum Gasteiger partial charge on any atom is -0.355 e. The molecule has 2 N–H and O–H groups in total.